The Hall–Kier alpha value is -1.61. The maximum atomic E-state index is 12.8. The maximum absolute atomic E-state index is 12.8. The van der Waals surface area contributed by atoms with Crippen LogP contribution in [0, 0.1) is 6.92 Å². The van der Waals surface area contributed by atoms with E-state index in [9.17, 15) is 4.79 Å². The van der Waals surface area contributed by atoms with Crippen molar-refractivity contribution in [1.82, 2.24) is 5.32 Å². The Bertz CT molecular complexity index is 706. The Morgan fingerprint density at radius 3 is 2.55 bits per heavy atom. The zero-order valence-corrected chi connectivity index (χ0v) is 14.5. The average molecular weight is 358 g/mol. The fourth-order valence-electron chi connectivity index (χ4n) is 2.91. The van der Waals surface area contributed by atoms with Crippen LogP contribution >= 0.6 is 15.9 Å². The second-order valence-corrected chi connectivity index (χ2v) is 7.12. The van der Waals surface area contributed by atoms with Gasteiger partial charge in [0.25, 0.3) is 0 Å². The molecule has 1 unspecified atom stereocenters. The molecule has 2 aromatic carbocycles. The Labute approximate surface area is 140 Å². The van der Waals surface area contributed by atoms with E-state index < -0.39 is 0 Å². The number of rotatable bonds is 4. The zero-order valence-electron chi connectivity index (χ0n) is 12.9. The van der Waals surface area contributed by atoms with Gasteiger partial charge in [0, 0.05) is 4.47 Å². The van der Waals surface area contributed by atoms with E-state index in [0.717, 1.165) is 28.4 Å². The smallest absolute Gasteiger partial charge is 0.231 e. The predicted octanol–water partition coefficient (Wildman–Crippen LogP) is 4.67. The van der Waals surface area contributed by atoms with E-state index in [4.69, 9.17) is 0 Å². The average Bonchev–Trinajstić information content (AvgIpc) is 3.29. The van der Waals surface area contributed by atoms with Crippen molar-refractivity contribution < 1.29 is 4.79 Å². The Morgan fingerprint density at radius 1 is 1.18 bits per heavy atom. The number of amides is 1. The van der Waals surface area contributed by atoms with Crippen molar-refractivity contribution in [3.63, 3.8) is 0 Å². The molecule has 1 saturated carbocycles. The van der Waals surface area contributed by atoms with Crippen LogP contribution in [0.4, 0.5) is 0 Å². The molecule has 2 nitrogen and oxygen atoms in total. The number of nitrogens with one attached hydrogen (secondary N) is 1. The first-order valence-corrected chi connectivity index (χ1v) is 8.44. The molecule has 3 rings (SSSR count). The summed E-state index contributed by atoms with van der Waals surface area (Å²) in [5.41, 5.74) is 3.15. The third-order valence-electron chi connectivity index (χ3n) is 4.45. The van der Waals surface area contributed by atoms with Crippen molar-refractivity contribution >= 4 is 21.8 Å². The number of carbonyl (C=O) groups excluding carboxylic acids is 1. The maximum Gasteiger partial charge on any atom is 0.231 e. The summed E-state index contributed by atoms with van der Waals surface area (Å²) in [6.45, 7) is 4.10. The minimum absolute atomic E-state index is 0.00674. The molecule has 114 valence electrons. The Kier molecular flexibility index (Phi) is 4.09. The summed E-state index contributed by atoms with van der Waals surface area (Å²) in [6, 6.07) is 16.4. The van der Waals surface area contributed by atoms with Crippen molar-refractivity contribution in [3.05, 3.63) is 69.7 Å². The highest BCUT2D eigenvalue weighted by Crippen LogP contribution is 2.48. The normalized spacial score (nSPS) is 16.9. The van der Waals surface area contributed by atoms with E-state index in [1.165, 1.54) is 5.56 Å². The lowest BCUT2D eigenvalue weighted by Crippen LogP contribution is -2.36. The summed E-state index contributed by atoms with van der Waals surface area (Å²) in [7, 11) is 0. The standard InChI is InChI=1S/C19H20BrNO/c1-13-5-3-7-16(11-13)19(9-10-19)18(22)21-14(2)15-6-4-8-17(20)12-15/h3-8,11-12,14H,9-10H2,1-2H3,(H,21,22). The number of carbonyl (C=O) groups is 1. The van der Waals surface area contributed by atoms with Crippen LogP contribution in [0.2, 0.25) is 0 Å². The molecule has 3 heteroatoms. The molecular formula is C19H20BrNO. The van der Waals surface area contributed by atoms with Crippen LogP contribution in [0.5, 0.6) is 0 Å². The first-order chi connectivity index (χ1) is 10.5. The summed E-state index contributed by atoms with van der Waals surface area (Å²) < 4.78 is 1.03. The van der Waals surface area contributed by atoms with Crippen molar-refractivity contribution in [2.24, 2.45) is 0 Å². The fourth-order valence-corrected chi connectivity index (χ4v) is 3.33. The molecule has 0 aromatic heterocycles. The van der Waals surface area contributed by atoms with E-state index in [2.05, 4.69) is 52.4 Å². The Balaban J connectivity index is 1.77. The van der Waals surface area contributed by atoms with Crippen molar-refractivity contribution in [2.75, 3.05) is 0 Å². The number of hydrogen-bond acceptors (Lipinski definition) is 1. The minimum atomic E-state index is -0.313. The lowest BCUT2D eigenvalue weighted by Gasteiger charge is -2.21. The van der Waals surface area contributed by atoms with Gasteiger partial charge in [-0.25, -0.2) is 0 Å². The monoisotopic (exact) mass is 357 g/mol. The van der Waals surface area contributed by atoms with Crippen molar-refractivity contribution in [3.8, 4) is 0 Å². The van der Waals surface area contributed by atoms with Gasteiger partial charge in [-0.05, 0) is 49.9 Å². The summed E-state index contributed by atoms with van der Waals surface area (Å²) >= 11 is 3.48. The first-order valence-electron chi connectivity index (χ1n) is 7.65. The van der Waals surface area contributed by atoms with Crippen LogP contribution in [0.15, 0.2) is 53.0 Å². The number of hydrogen-bond donors (Lipinski definition) is 1. The third kappa shape index (κ3) is 2.95. The van der Waals surface area contributed by atoms with Crippen LogP contribution in [0.1, 0.15) is 42.5 Å². The van der Waals surface area contributed by atoms with Crippen LogP contribution in [0.3, 0.4) is 0 Å². The highest BCUT2D eigenvalue weighted by molar-refractivity contribution is 9.10. The first kappa shape index (κ1) is 15.3. The van der Waals surface area contributed by atoms with E-state index in [-0.39, 0.29) is 17.4 Å². The van der Waals surface area contributed by atoms with E-state index in [1.807, 2.05) is 31.2 Å². The van der Waals surface area contributed by atoms with Gasteiger partial charge < -0.3 is 5.32 Å². The SMILES string of the molecule is Cc1cccc(C2(C(=O)NC(C)c3cccc(Br)c3)CC2)c1. The van der Waals surface area contributed by atoms with Gasteiger partial charge in [-0.3, -0.25) is 4.79 Å². The molecule has 2 aromatic rings. The molecule has 0 aliphatic heterocycles. The molecule has 22 heavy (non-hydrogen) atoms. The van der Waals surface area contributed by atoms with Crippen LogP contribution in [0.25, 0.3) is 0 Å². The van der Waals surface area contributed by atoms with Crippen LogP contribution in [-0.4, -0.2) is 5.91 Å². The molecule has 1 fully saturated rings. The second kappa shape index (κ2) is 5.88. The topological polar surface area (TPSA) is 29.1 Å². The molecular weight excluding hydrogens is 338 g/mol. The molecule has 0 radical (unpaired) electrons. The highest BCUT2D eigenvalue weighted by Gasteiger charge is 2.51. The van der Waals surface area contributed by atoms with Gasteiger partial charge >= 0.3 is 0 Å². The van der Waals surface area contributed by atoms with E-state index in [0.29, 0.717) is 0 Å². The van der Waals surface area contributed by atoms with E-state index >= 15 is 0 Å². The van der Waals surface area contributed by atoms with Crippen LogP contribution < -0.4 is 5.32 Å². The minimum Gasteiger partial charge on any atom is -0.349 e. The quantitative estimate of drug-likeness (QED) is 0.846. The lowest BCUT2D eigenvalue weighted by molar-refractivity contribution is -0.124. The molecule has 1 atom stereocenters. The van der Waals surface area contributed by atoms with Crippen molar-refractivity contribution in [1.29, 1.82) is 0 Å². The van der Waals surface area contributed by atoms with Crippen molar-refractivity contribution in [2.45, 2.75) is 38.1 Å². The van der Waals surface area contributed by atoms with Crippen LogP contribution in [-0.2, 0) is 10.2 Å². The molecule has 1 aliphatic rings. The summed E-state index contributed by atoms with van der Waals surface area (Å²) in [6.07, 6.45) is 1.88. The summed E-state index contributed by atoms with van der Waals surface area (Å²) in [5, 5.41) is 3.18. The number of benzene rings is 2. The van der Waals surface area contributed by atoms with Gasteiger partial charge in [0.2, 0.25) is 5.91 Å². The molecule has 0 bridgehead atoms. The van der Waals surface area contributed by atoms with Gasteiger partial charge in [0.1, 0.15) is 0 Å². The van der Waals surface area contributed by atoms with Gasteiger partial charge in [0.05, 0.1) is 11.5 Å². The van der Waals surface area contributed by atoms with Gasteiger partial charge in [-0.15, -0.1) is 0 Å². The molecule has 1 aliphatic carbocycles. The second-order valence-electron chi connectivity index (χ2n) is 6.20. The summed E-state index contributed by atoms with van der Waals surface area (Å²) in [5.74, 6) is 0.144. The highest BCUT2D eigenvalue weighted by atomic mass is 79.9. The largest absolute Gasteiger partial charge is 0.349 e. The van der Waals surface area contributed by atoms with E-state index in [1.54, 1.807) is 0 Å². The molecule has 1 amide bonds. The van der Waals surface area contributed by atoms with Gasteiger partial charge in [-0.2, -0.15) is 0 Å². The van der Waals surface area contributed by atoms with Gasteiger partial charge in [-0.1, -0.05) is 57.9 Å². The molecule has 0 saturated heterocycles. The molecule has 1 N–H and O–H groups in total. The van der Waals surface area contributed by atoms with Gasteiger partial charge in [0.15, 0.2) is 0 Å². The fraction of sp³-hybridized carbons (Fsp3) is 0.316. The molecule has 0 heterocycles. The zero-order chi connectivity index (χ0) is 15.7. The predicted molar refractivity (Wildman–Crippen MR) is 92.8 cm³/mol. The number of halogens is 1. The summed E-state index contributed by atoms with van der Waals surface area (Å²) in [4.78, 5) is 12.8. The Morgan fingerprint density at radius 2 is 1.91 bits per heavy atom. The lowest BCUT2D eigenvalue weighted by atomic mass is 9.93. The third-order valence-corrected chi connectivity index (χ3v) is 4.94. The number of aryl methyl sites for hydroxylation is 1. The molecule has 0 spiro atoms.